The van der Waals surface area contributed by atoms with Gasteiger partial charge in [-0.15, -0.1) is 0 Å². The summed E-state index contributed by atoms with van der Waals surface area (Å²) >= 11 is 0. The number of nitro benzene ring substituents is 1. The van der Waals surface area contributed by atoms with Crippen molar-refractivity contribution in [3.05, 3.63) is 70.0 Å². The Balaban J connectivity index is 1.78. The molecule has 28 heavy (non-hydrogen) atoms. The highest BCUT2D eigenvalue weighted by atomic mass is 19.1. The molecule has 0 amide bonds. The first-order valence-corrected chi connectivity index (χ1v) is 8.04. The predicted octanol–water partition coefficient (Wildman–Crippen LogP) is 3.15. The molecule has 0 aliphatic carbocycles. The highest BCUT2D eigenvalue weighted by Gasteiger charge is 2.10. The van der Waals surface area contributed by atoms with E-state index in [0.29, 0.717) is 0 Å². The van der Waals surface area contributed by atoms with Crippen molar-refractivity contribution in [2.75, 3.05) is 23.1 Å². The maximum Gasteiger partial charge on any atom is 0.270 e. The van der Waals surface area contributed by atoms with Crippen LogP contribution in [0.15, 0.2) is 53.6 Å². The quantitative estimate of drug-likeness (QED) is 0.323. The van der Waals surface area contributed by atoms with Crippen molar-refractivity contribution in [2.24, 2.45) is 5.10 Å². The normalized spacial score (nSPS) is 10.6. The molecule has 0 saturated heterocycles. The summed E-state index contributed by atoms with van der Waals surface area (Å²) in [5.74, 6) is 0.00598. The average molecular weight is 382 g/mol. The number of benzene rings is 2. The molecule has 0 unspecified atom stereocenters. The largest absolute Gasteiger partial charge is 0.357 e. The lowest BCUT2D eigenvalue weighted by atomic mass is 10.2. The number of anilines is 4. The van der Waals surface area contributed by atoms with E-state index in [1.807, 2.05) is 30.3 Å². The van der Waals surface area contributed by atoms with E-state index in [1.54, 1.807) is 7.05 Å². The Morgan fingerprint density at radius 3 is 2.50 bits per heavy atom. The molecule has 0 radical (unpaired) electrons. The van der Waals surface area contributed by atoms with E-state index in [2.05, 4.69) is 36.1 Å². The summed E-state index contributed by atoms with van der Waals surface area (Å²) < 4.78 is 13.8. The van der Waals surface area contributed by atoms with Gasteiger partial charge in [-0.3, -0.25) is 10.1 Å². The SMILES string of the molecule is CNc1nc(N/N=C\c2cc([N+](=O)[O-])ccc2F)nc(Nc2ccccc2)n1. The lowest BCUT2D eigenvalue weighted by Gasteiger charge is -2.08. The lowest BCUT2D eigenvalue weighted by molar-refractivity contribution is -0.384. The van der Waals surface area contributed by atoms with Crippen LogP contribution in [-0.2, 0) is 0 Å². The van der Waals surface area contributed by atoms with Crippen molar-refractivity contribution >= 4 is 35.4 Å². The number of hydrogen-bond acceptors (Lipinski definition) is 9. The van der Waals surface area contributed by atoms with Crippen LogP contribution in [0.25, 0.3) is 0 Å². The predicted molar refractivity (Wildman–Crippen MR) is 103 cm³/mol. The number of nitrogens with zero attached hydrogens (tertiary/aromatic N) is 5. The number of hydrogen-bond donors (Lipinski definition) is 3. The second kappa shape index (κ2) is 8.49. The van der Waals surface area contributed by atoms with Gasteiger partial charge in [0.25, 0.3) is 5.69 Å². The van der Waals surface area contributed by atoms with Crippen LogP contribution in [0.5, 0.6) is 0 Å². The number of aromatic nitrogens is 3. The Hall–Kier alpha value is -4.15. The van der Waals surface area contributed by atoms with Crippen molar-refractivity contribution in [1.82, 2.24) is 15.0 Å². The number of non-ortho nitro benzene ring substituents is 1. The third-order valence-electron chi connectivity index (χ3n) is 3.45. The molecule has 1 heterocycles. The summed E-state index contributed by atoms with van der Waals surface area (Å²) in [6, 6.07) is 12.5. The smallest absolute Gasteiger partial charge is 0.270 e. The fourth-order valence-electron chi connectivity index (χ4n) is 2.15. The van der Waals surface area contributed by atoms with Gasteiger partial charge >= 0.3 is 0 Å². The van der Waals surface area contributed by atoms with Crippen LogP contribution in [0, 0.1) is 15.9 Å². The minimum atomic E-state index is -0.644. The Bertz CT molecular complexity index is 1010. The first-order chi connectivity index (χ1) is 13.5. The zero-order valence-electron chi connectivity index (χ0n) is 14.6. The summed E-state index contributed by atoms with van der Waals surface area (Å²) in [5.41, 5.74) is 3.05. The number of para-hydroxylation sites is 1. The van der Waals surface area contributed by atoms with E-state index in [4.69, 9.17) is 0 Å². The van der Waals surface area contributed by atoms with Gasteiger partial charge < -0.3 is 10.6 Å². The number of nitro groups is 1. The van der Waals surface area contributed by atoms with Crippen molar-refractivity contribution in [1.29, 1.82) is 0 Å². The summed E-state index contributed by atoms with van der Waals surface area (Å²) in [6.45, 7) is 0. The minimum absolute atomic E-state index is 0.0489. The fourth-order valence-corrected chi connectivity index (χ4v) is 2.15. The Kier molecular flexibility index (Phi) is 5.65. The Morgan fingerprint density at radius 2 is 1.79 bits per heavy atom. The van der Waals surface area contributed by atoms with Gasteiger partial charge in [0.15, 0.2) is 0 Å². The first kappa shape index (κ1) is 18.6. The maximum absolute atomic E-state index is 13.8. The first-order valence-electron chi connectivity index (χ1n) is 8.04. The molecule has 0 fully saturated rings. The molecule has 0 spiro atoms. The van der Waals surface area contributed by atoms with Gasteiger partial charge in [-0.25, -0.2) is 9.82 Å². The van der Waals surface area contributed by atoms with Crippen LogP contribution in [0.2, 0.25) is 0 Å². The lowest BCUT2D eigenvalue weighted by Crippen LogP contribution is -2.07. The van der Waals surface area contributed by atoms with Crippen molar-refractivity contribution < 1.29 is 9.31 Å². The molecule has 0 atom stereocenters. The van der Waals surface area contributed by atoms with Gasteiger partial charge in [0.2, 0.25) is 17.8 Å². The van der Waals surface area contributed by atoms with Gasteiger partial charge in [-0.2, -0.15) is 20.1 Å². The highest BCUT2D eigenvalue weighted by molar-refractivity contribution is 5.81. The molecule has 11 heteroatoms. The highest BCUT2D eigenvalue weighted by Crippen LogP contribution is 2.17. The van der Waals surface area contributed by atoms with Gasteiger partial charge in [-0.1, -0.05) is 18.2 Å². The summed E-state index contributed by atoms with van der Waals surface area (Å²) in [6.07, 6.45) is 1.11. The van der Waals surface area contributed by atoms with E-state index < -0.39 is 10.7 Å². The van der Waals surface area contributed by atoms with Crippen molar-refractivity contribution in [2.45, 2.75) is 0 Å². The molecule has 3 aromatic rings. The van der Waals surface area contributed by atoms with Crippen LogP contribution >= 0.6 is 0 Å². The Labute approximate surface area is 158 Å². The minimum Gasteiger partial charge on any atom is -0.357 e. The van der Waals surface area contributed by atoms with E-state index in [9.17, 15) is 14.5 Å². The number of rotatable bonds is 7. The summed E-state index contributed by atoms with van der Waals surface area (Å²) in [4.78, 5) is 22.6. The number of hydrazone groups is 1. The number of nitrogens with one attached hydrogen (secondary N) is 3. The zero-order valence-corrected chi connectivity index (χ0v) is 14.6. The van der Waals surface area contributed by atoms with Gasteiger partial charge in [-0.05, 0) is 18.2 Å². The monoisotopic (exact) mass is 382 g/mol. The third kappa shape index (κ3) is 4.72. The number of halogens is 1. The molecular formula is C17H15FN8O2. The van der Waals surface area contributed by atoms with Gasteiger partial charge in [0.05, 0.1) is 11.1 Å². The summed E-state index contributed by atoms with van der Waals surface area (Å²) in [5, 5.41) is 20.5. The molecule has 0 saturated carbocycles. The second-order valence-corrected chi connectivity index (χ2v) is 5.38. The fraction of sp³-hybridized carbons (Fsp3) is 0.0588. The van der Waals surface area contributed by atoms with E-state index >= 15 is 0 Å². The van der Waals surface area contributed by atoms with Crippen LogP contribution < -0.4 is 16.1 Å². The van der Waals surface area contributed by atoms with Crippen molar-refractivity contribution in [3.8, 4) is 0 Å². The molecule has 3 N–H and O–H groups in total. The third-order valence-corrected chi connectivity index (χ3v) is 3.45. The van der Waals surface area contributed by atoms with Gasteiger partial charge in [0, 0.05) is 30.4 Å². The maximum atomic E-state index is 13.8. The van der Waals surface area contributed by atoms with Crippen LogP contribution in [-0.4, -0.2) is 33.1 Å². The van der Waals surface area contributed by atoms with E-state index in [-0.39, 0.29) is 29.1 Å². The molecule has 142 valence electrons. The Morgan fingerprint density at radius 1 is 1.07 bits per heavy atom. The molecule has 0 aliphatic rings. The van der Waals surface area contributed by atoms with Crippen molar-refractivity contribution in [3.63, 3.8) is 0 Å². The standard InChI is InChI=1S/C17H15FN8O2/c1-19-15-22-16(21-12-5-3-2-4-6-12)24-17(23-15)25-20-10-11-9-13(26(27)28)7-8-14(11)18/h2-10H,1H3,(H3,19,21,22,23,24,25)/b20-10-. The molecular weight excluding hydrogens is 367 g/mol. The zero-order chi connectivity index (χ0) is 19.9. The van der Waals surface area contributed by atoms with Crippen LogP contribution in [0.4, 0.5) is 33.6 Å². The van der Waals surface area contributed by atoms with E-state index in [1.165, 1.54) is 0 Å². The van der Waals surface area contributed by atoms with E-state index in [0.717, 1.165) is 30.1 Å². The van der Waals surface area contributed by atoms with Gasteiger partial charge in [0.1, 0.15) is 5.82 Å². The molecule has 2 aromatic carbocycles. The topological polar surface area (TPSA) is 130 Å². The molecule has 3 rings (SSSR count). The molecule has 10 nitrogen and oxygen atoms in total. The average Bonchev–Trinajstić information content (AvgIpc) is 2.69. The van der Waals surface area contributed by atoms with Crippen LogP contribution in [0.1, 0.15) is 5.56 Å². The van der Waals surface area contributed by atoms with Crippen LogP contribution in [0.3, 0.4) is 0 Å². The molecule has 0 aliphatic heterocycles. The second-order valence-electron chi connectivity index (χ2n) is 5.38. The molecule has 1 aromatic heterocycles. The molecule has 0 bridgehead atoms. The summed E-state index contributed by atoms with van der Waals surface area (Å²) in [7, 11) is 1.65.